The SMILES string of the molecule is CO/N=C(C)/C=N/OC(C)c1ccccc1N(C)C(=O)OC. The fourth-order valence-electron chi connectivity index (χ4n) is 1.79. The Morgan fingerprint density at radius 2 is 2.00 bits per heavy atom. The van der Waals surface area contributed by atoms with Crippen LogP contribution in [0.15, 0.2) is 34.6 Å². The molecule has 7 heteroatoms. The van der Waals surface area contributed by atoms with E-state index in [1.54, 1.807) is 14.0 Å². The maximum atomic E-state index is 11.7. The highest BCUT2D eigenvalue weighted by Gasteiger charge is 2.18. The summed E-state index contributed by atoms with van der Waals surface area (Å²) < 4.78 is 4.73. The quantitative estimate of drug-likeness (QED) is 0.598. The molecule has 0 saturated heterocycles. The number of hydrogen-bond donors (Lipinski definition) is 0. The number of ether oxygens (including phenoxy) is 1. The smallest absolute Gasteiger partial charge is 0.413 e. The molecule has 0 fully saturated rings. The Kier molecular flexibility index (Phi) is 6.88. The Morgan fingerprint density at radius 3 is 2.64 bits per heavy atom. The zero-order valence-electron chi connectivity index (χ0n) is 13.4. The molecule has 0 aliphatic heterocycles. The summed E-state index contributed by atoms with van der Waals surface area (Å²) in [6.07, 6.45) is 0.647. The van der Waals surface area contributed by atoms with Gasteiger partial charge >= 0.3 is 6.09 Å². The zero-order valence-corrected chi connectivity index (χ0v) is 13.4. The van der Waals surface area contributed by atoms with E-state index in [9.17, 15) is 4.79 Å². The first-order valence-corrected chi connectivity index (χ1v) is 6.68. The molecule has 0 saturated carbocycles. The van der Waals surface area contributed by atoms with Gasteiger partial charge in [-0.1, -0.05) is 28.5 Å². The van der Waals surface area contributed by atoms with Crippen LogP contribution in [0, 0.1) is 0 Å². The molecule has 1 aromatic rings. The van der Waals surface area contributed by atoms with Crippen LogP contribution in [0.4, 0.5) is 10.5 Å². The van der Waals surface area contributed by atoms with E-state index in [1.165, 1.54) is 25.3 Å². The number of amides is 1. The van der Waals surface area contributed by atoms with Crippen LogP contribution in [0.2, 0.25) is 0 Å². The largest absolute Gasteiger partial charge is 0.452 e. The molecule has 120 valence electrons. The van der Waals surface area contributed by atoms with E-state index in [-0.39, 0.29) is 6.10 Å². The molecule has 7 nitrogen and oxygen atoms in total. The van der Waals surface area contributed by atoms with Crippen LogP contribution in [0.25, 0.3) is 0 Å². The lowest BCUT2D eigenvalue weighted by atomic mass is 10.1. The van der Waals surface area contributed by atoms with Gasteiger partial charge in [0.25, 0.3) is 0 Å². The molecule has 22 heavy (non-hydrogen) atoms. The zero-order chi connectivity index (χ0) is 16.5. The summed E-state index contributed by atoms with van der Waals surface area (Å²) in [7, 11) is 4.43. The molecule has 0 radical (unpaired) electrons. The highest BCUT2D eigenvalue weighted by molar-refractivity contribution is 6.29. The van der Waals surface area contributed by atoms with Crippen LogP contribution in [-0.2, 0) is 14.4 Å². The minimum atomic E-state index is -0.453. The predicted octanol–water partition coefficient (Wildman–Crippen LogP) is 2.97. The summed E-state index contributed by atoms with van der Waals surface area (Å²) in [5.74, 6) is 0. The van der Waals surface area contributed by atoms with Crippen molar-refractivity contribution in [1.82, 2.24) is 0 Å². The highest BCUT2D eigenvalue weighted by Crippen LogP contribution is 2.28. The van der Waals surface area contributed by atoms with E-state index < -0.39 is 6.09 Å². The maximum Gasteiger partial charge on any atom is 0.413 e. The second-order valence-corrected chi connectivity index (χ2v) is 4.49. The second kappa shape index (κ2) is 8.66. The number of anilines is 1. The van der Waals surface area contributed by atoms with E-state index in [4.69, 9.17) is 9.57 Å². The minimum absolute atomic E-state index is 0.352. The Morgan fingerprint density at radius 1 is 1.32 bits per heavy atom. The molecule has 1 atom stereocenters. The molecule has 0 heterocycles. The third-order valence-corrected chi connectivity index (χ3v) is 2.88. The Balaban J connectivity index is 2.88. The molecule has 0 spiro atoms. The van der Waals surface area contributed by atoms with Gasteiger partial charge < -0.3 is 14.4 Å². The first kappa shape index (κ1) is 17.5. The van der Waals surface area contributed by atoms with Gasteiger partial charge in [-0.15, -0.1) is 0 Å². The van der Waals surface area contributed by atoms with Gasteiger partial charge in [0.15, 0.2) is 6.10 Å². The van der Waals surface area contributed by atoms with Crippen molar-refractivity contribution in [3.8, 4) is 0 Å². The summed E-state index contributed by atoms with van der Waals surface area (Å²) >= 11 is 0. The van der Waals surface area contributed by atoms with Crippen molar-refractivity contribution in [3.63, 3.8) is 0 Å². The maximum absolute atomic E-state index is 11.7. The Hall–Kier alpha value is -2.57. The lowest BCUT2D eigenvalue weighted by molar-refractivity contribution is 0.0741. The van der Waals surface area contributed by atoms with Crippen molar-refractivity contribution >= 4 is 23.7 Å². The molecular weight excluding hydrogens is 286 g/mol. The van der Waals surface area contributed by atoms with E-state index in [0.29, 0.717) is 11.4 Å². The molecule has 1 unspecified atom stereocenters. The molecule has 0 aliphatic carbocycles. The average molecular weight is 307 g/mol. The van der Waals surface area contributed by atoms with Gasteiger partial charge in [0.1, 0.15) is 7.11 Å². The number of oxime groups is 2. The van der Waals surface area contributed by atoms with Crippen LogP contribution >= 0.6 is 0 Å². The summed E-state index contributed by atoms with van der Waals surface area (Å²) in [5.41, 5.74) is 2.09. The molecule has 1 rings (SSSR count). The van der Waals surface area contributed by atoms with Crippen molar-refractivity contribution in [1.29, 1.82) is 0 Å². The molecular formula is C15H21N3O4. The van der Waals surface area contributed by atoms with Crippen LogP contribution in [0.1, 0.15) is 25.5 Å². The number of rotatable bonds is 6. The third-order valence-electron chi connectivity index (χ3n) is 2.88. The first-order valence-electron chi connectivity index (χ1n) is 6.68. The van der Waals surface area contributed by atoms with Crippen LogP contribution in [0.3, 0.4) is 0 Å². The lowest BCUT2D eigenvalue weighted by Crippen LogP contribution is -2.27. The minimum Gasteiger partial charge on any atom is -0.452 e. The Bertz CT molecular complexity index is 557. The molecule has 0 aliphatic rings. The number of carbonyl (C=O) groups is 1. The summed E-state index contributed by atoms with van der Waals surface area (Å²) in [4.78, 5) is 23.1. The average Bonchev–Trinajstić information content (AvgIpc) is 2.53. The summed E-state index contributed by atoms with van der Waals surface area (Å²) in [6, 6.07) is 7.38. The van der Waals surface area contributed by atoms with E-state index >= 15 is 0 Å². The van der Waals surface area contributed by atoms with Crippen molar-refractivity contribution < 1.29 is 19.2 Å². The van der Waals surface area contributed by atoms with E-state index in [0.717, 1.165) is 5.56 Å². The van der Waals surface area contributed by atoms with Gasteiger partial charge in [-0.05, 0) is 19.9 Å². The first-order chi connectivity index (χ1) is 10.5. The summed E-state index contributed by atoms with van der Waals surface area (Å²) in [6.45, 7) is 3.57. The number of carbonyl (C=O) groups excluding carboxylic acids is 1. The predicted molar refractivity (Wildman–Crippen MR) is 85.4 cm³/mol. The number of hydrogen-bond acceptors (Lipinski definition) is 6. The van der Waals surface area contributed by atoms with Gasteiger partial charge in [0.2, 0.25) is 0 Å². The number of benzene rings is 1. The number of methoxy groups -OCH3 is 1. The van der Waals surface area contributed by atoms with Crippen molar-refractivity contribution in [3.05, 3.63) is 29.8 Å². The van der Waals surface area contributed by atoms with Crippen molar-refractivity contribution in [2.75, 3.05) is 26.2 Å². The van der Waals surface area contributed by atoms with Crippen LogP contribution < -0.4 is 4.90 Å². The fourth-order valence-corrected chi connectivity index (χ4v) is 1.79. The molecule has 1 amide bonds. The fraction of sp³-hybridized carbons (Fsp3) is 0.400. The lowest BCUT2D eigenvalue weighted by Gasteiger charge is -2.21. The van der Waals surface area contributed by atoms with Crippen LogP contribution in [-0.4, -0.2) is 39.3 Å². The summed E-state index contributed by atoms with van der Waals surface area (Å²) in [5, 5.41) is 7.55. The normalized spacial score (nSPS) is 12.9. The topological polar surface area (TPSA) is 72.7 Å². The third kappa shape index (κ3) is 4.76. The van der Waals surface area contributed by atoms with Gasteiger partial charge in [0.05, 0.1) is 24.7 Å². The number of nitrogens with zero attached hydrogens (tertiary/aromatic N) is 3. The molecule has 0 aromatic heterocycles. The number of para-hydroxylation sites is 1. The van der Waals surface area contributed by atoms with Gasteiger partial charge in [0, 0.05) is 12.6 Å². The molecule has 0 bridgehead atoms. The van der Waals surface area contributed by atoms with Crippen molar-refractivity contribution in [2.24, 2.45) is 10.3 Å². The van der Waals surface area contributed by atoms with Gasteiger partial charge in [-0.2, -0.15) is 0 Å². The van der Waals surface area contributed by atoms with Crippen LogP contribution in [0.5, 0.6) is 0 Å². The van der Waals surface area contributed by atoms with Crippen molar-refractivity contribution in [2.45, 2.75) is 20.0 Å². The Labute approximate surface area is 130 Å². The standard InChI is InChI=1S/C15H21N3O4/c1-11(17-21-5)10-16-22-12(2)13-8-6-7-9-14(13)18(3)15(19)20-4/h6-10,12H,1-5H3/b16-10+,17-11+. The van der Waals surface area contributed by atoms with E-state index in [1.807, 2.05) is 31.2 Å². The molecule has 0 N–H and O–H groups in total. The monoisotopic (exact) mass is 307 g/mol. The van der Waals surface area contributed by atoms with Gasteiger partial charge in [-0.3, -0.25) is 4.90 Å². The van der Waals surface area contributed by atoms with Gasteiger partial charge in [-0.25, -0.2) is 4.79 Å². The second-order valence-electron chi connectivity index (χ2n) is 4.49. The van der Waals surface area contributed by atoms with E-state index in [2.05, 4.69) is 15.1 Å². The highest BCUT2D eigenvalue weighted by atomic mass is 16.6. The molecule has 1 aromatic carbocycles.